The van der Waals surface area contributed by atoms with Crippen LogP contribution in [-0.4, -0.2) is 16.9 Å². The van der Waals surface area contributed by atoms with Crippen molar-refractivity contribution in [1.82, 2.24) is 9.78 Å². The molecule has 100 valence electrons. The van der Waals surface area contributed by atoms with Gasteiger partial charge in [-0.25, -0.2) is 10.5 Å². The number of anilines is 1. The first-order valence-corrected chi connectivity index (χ1v) is 4.95. The van der Waals surface area contributed by atoms with Crippen molar-refractivity contribution in [2.45, 2.75) is 6.54 Å². The Balaban J connectivity index is 0.00000144. The normalized spacial score (nSPS) is 9.00. The molecule has 0 unspecified atom stereocenters. The lowest BCUT2D eigenvalue weighted by molar-refractivity contribution is 0.414. The summed E-state index contributed by atoms with van der Waals surface area (Å²) >= 11 is 0. The molecule has 0 amide bonds. The van der Waals surface area contributed by atoms with Gasteiger partial charge in [-0.2, -0.15) is 5.10 Å². The number of methoxy groups -OCH3 is 1. The number of ether oxygens (including phenoxy) is 1. The van der Waals surface area contributed by atoms with E-state index < -0.39 is 0 Å². The number of hydrazine groups is 1. The Morgan fingerprint density at radius 3 is 2.44 bits per heavy atom. The minimum Gasteiger partial charge on any atom is -0.497 e. The third-order valence-electron chi connectivity index (χ3n) is 2.36. The molecule has 3 N–H and O–H groups in total. The molecule has 0 saturated heterocycles. The van der Waals surface area contributed by atoms with Gasteiger partial charge < -0.3 is 10.2 Å². The summed E-state index contributed by atoms with van der Waals surface area (Å²) in [6.45, 7) is 0.677. The molecule has 0 aliphatic carbocycles. The SMILES string of the molecule is COc1ccc(Cn2nccc2NN)cc1.Cl.Cl. The van der Waals surface area contributed by atoms with E-state index in [9.17, 15) is 0 Å². The Labute approximate surface area is 118 Å². The number of nitrogens with zero attached hydrogens (tertiary/aromatic N) is 2. The number of nitrogens with two attached hydrogens (primary N) is 1. The van der Waals surface area contributed by atoms with Gasteiger partial charge in [0.2, 0.25) is 0 Å². The standard InChI is InChI=1S/C11H14N4O.2ClH/c1-16-10-4-2-9(3-5-10)8-15-11(14-12)6-7-13-15;;/h2-7,14H,8,12H2,1H3;2*1H. The molecular formula is C11H16Cl2N4O. The second kappa shape index (κ2) is 7.81. The Hall–Kier alpha value is -1.43. The molecule has 2 rings (SSSR count). The fourth-order valence-electron chi connectivity index (χ4n) is 1.49. The molecule has 7 heteroatoms. The van der Waals surface area contributed by atoms with Gasteiger partial charge in [0.25, 0.3) is 0 Å². The van der Waals surface area contributed by atoms with Crippen LogP contribution in [0, 0.1) is 0 Å². The lowest BCUT2D eigenvalue weighted by Gasteiger charge is -2.07. The average Bonchev–Trinajstić information content (AvgIpc) is 2.77. The van der Waals surface area contributed by atoms with Crippen LogP contribution < -0.4 is 16.0 Å². The van der Waals surface area contributed by atoms with E-state index in [1.807, 2.05) is 30.3 Å². The van der Waals surface area contributed by atoms with E-state index in [0.29, 0.717) is 6.54 Å². The second-order valence-corrected chi connectivity index (χ2v) is 3.37. The van der Waals surface area contributed by atoms with Crippen molar-refractivity contribution in [3.05, 3.63) is 42.1 Å². The number of rotatable bonds is 4. The predicted molar refractivity (Wildman–Crippen MR) is 76.6 cm³/mol. The summed E-state index contributed by atoms with van der Waals surface area (Å²) < 4.78 is 6.89. The maximum Gasteiger partial charge on any atom is 0.138 e. The van der Waals surface area contributed by atoms with Crippen molar-refractivity contribution < 1.29 is 4.74 Å². The molecule has 0 saturated carbocycles. The molecule has 0 aliphatic heterocycles. The van der Waals surface area contributed by atoms with Crippen LogP contribution in [0.3, 0.4) is 0 Å². The summed E-state index contributed by atoms with van der Waals surface area (Å²) in [4.78, 5) is 0. The molecule has 0 radical (unpaired) electrons. The second-order valence-electron chi connectivity index (χ2n) is 3.37. The van der Waals surface area contributed by atoms with Crippen LogP contribution in [0.15, 0.2) is 36.5 Å². The van der Waals surface area contributed by atoms with Crippen LogP contribution in [0.5, 0.6) is 5.75 Å². The van der Waals surface area contributed by atoms with Crippen LogP contribution in [0.1, 0.15) is 5.56 Å². The molecule has 0 bridgehead atoms. The molecule has 0 fully saturated rings. The van der Waals surface area contributed by atoms with Crippen LogP contribution in [0.2, 0.25) is 0 Å². The fourth-order valence-corrected chi connectivity index (χ4v) is 1.49. The molecule has 18 heavy (non-hydrogen) atoms. The van der Waals surface area contributed by atoms with E-state index in [2.05, 4.69) is 10.5 Å². The number of halogens is 2. The first kappa shape index (κ1) is 16.6. The van der Waals surface area contributed by atoms with Gasteiger partial charge in [-0.05, 0) is 17.7 Å². The lowest BCUT2D eigenvalue weighted by atomic mass is 10.2. The fraction of sp³-hybridized carbons (Fsp3) is 0.182. The largest absolute Gasteiger partial charge is 0.497 e. The Bertz CT molecular complexity index is 458. The predicted octanol–water partition coefficient (Wildman–Crippen LogP) is 2.07. The molecule has 0 spiro atoms. The number of benzene rings is 1. The Morgan fingerprint density at radius 1 is 1.22 bits per heavy atom. The third kappa shape index (κ3) is 3.80. The van der Waals surface area contributed by atoms with Crippen molar-refractivity contribution >= 4 is 30.6 Å². The number of hydrogen-bond acceptors (Lipinski definition) is 4. The van der Waals surface area contributed by atoms with E-state index in [-0.39, 0.29) is 24.8 Å². The van der Waals surface area contributed by atoms with E-state index in [1.54, 1.807) is 18.0 Å². The third-order valence-corrected chi connectivity index (χ3v) is 2.36. The van der Waals surface area contributed by atoms with Gasteiger partial charge in [0.15, 0.2) is 0 Å². The van der Waals surface area contributed by atoms with Gasteiger partial charge in [-0.3, -0.25) is 0 Å². The van der Waals surface area contributed by atoms with Gasteiger partial charge in [0, 0.05) is 6.07 Å². The Kier molecular flexibility index (Phi) is 7.19. The molecule has 0 aliphatic rings. The highest BCUT2D eigenvalue weighted by atomic mass is 35.5. The quantitative estimate of drug-likeness (QED) is 0.668. The van der Waals surface area contributed by atoms with Crippen molar-refractivity contribution in [2.75, 3.05) is 12.5 Å². The highest BCUT2D eigenvalue weighted by Gasteiger charge is 2.01. The lowest BCUT2D eigenvalue weighted by Crippen LogP contribution is -2.13. The first-order valence-electron chi connectivity index (χ1n) is 4.95. The van der Waals surface area contributed by atoms with Crippen molar-refractivity contribution in [1.29, 1.82) is 0 Å². The van der Waals surface area contributed by atoms with Gasteiger partial charge >= 0.3 is 0 Å². The smallest absolute Gasteiger partial charge is 0.138 e. The minimum absolute atomic E-state index is 0. The van der Waals surface area contributed by atoms with E-state index >= 15 is 0 Å². The number of nitrogens with one attached hydrogen (secondary N) is 1. The molecule has 2 aromatic rings. The van der Waals surface area contributed by atoms with Crippen LogP contribution in [0.25, 0.3) is 0 Å². The zero-order valence-electron chi connectivity index (χ0n) is 9.87. The van der Waals surface area contributed by atoms with Gasteiger partial charge in [-0.1, -0.05) is 12.1 Å². The zero-order chi connectivity index (χ0) is 11.4. The van der Waals surface area contributed by atoms with Gasteiger partial charge in [0.1, 0.15) is 11.6 Å². The topological polar surface area (TPSA) is 65.1 Å². The summed E-state index contributed by atoms with van der Waals surface area (Å²) in [5.74, 6) is 7.00. The summed E-state index contributed by atoms with van der Waals surface area (Å²) in [5, 5.41) is 4.17. The van der Waals surface area contributed by atoms with E-state index in [0.717, 1.165) is 17.1 Å². The van der Waals surface area contributed by atoms with Crippen LogP contribution in [0.4, 0.5) is 5.82 Å². The summed E-state index contributed by atoms with van der Waals surface area (Å²) in [7, 11) is 1.65. The summed E-state index contributed by atoms with van der Waals surface area (Å²) in [6, 6.07) is 9.67. The Morgan fingerprint density at radius 2 is 1.89 bits per heavy atom. The van der Waals surface area contributed by atoms with Crippen molar-refractivity contribution in [3.63, 3.8) is 0 Å². The number of aromatic nitrogens is 2. The van der Waals surface area contributed by atoms with E-state index in [1.165, 1.54) is 0 Å². The van der Waals surface area contributed by atoms with Crippen LogP contribution in [-0.2, 0) is 6.54 Å². The van der Waals surface area contributed by atoms with Crippen molar-refractivity contribution in [2.24, 2.45) is 5.84 Å². The maximum absolute atomic E-state index is 5.36. The first-order chi connectivity index (χ1) is 7.83. The molecule has 1 aromatic heterocycles. The number of hydrogen-bond donors (Lipinski definition) is 2. The molecule has 0 atom stereocenters. The summed E-state index contributed by atoms with van der Waals surface area (Å²) in [6.07, 6.45) is 1.71. The van der Waals surface area contributed by atoms with Crippen LogP contribution >= 0.6 is 24.8 Å². The number of nitrogen functional groups attached to an aromatic ring is 1. The van der Waals surface area contributed by atoms with Gasteiger partial charge in [-0.15, -0.1) is 24.8 Å². The molecule has 5 nitrogen and oxygen atoms in total. The zero-order valence-corrected chi connectivity index (χ0v) is 11.5. The molecular weight excluding hydrogens is 275 g/mol. The molecule has 1 heterocycles. The van der Waals surface area contributed by atoms with Crippen molar-refractivity contribution in [3.8, 4) is 5.75 Å². The highest BCUT2D eigenvalue weighted by Crippen LogP contribution is 2.13. The maximum atomic E-state index is 5.36. The minimum atomic E-state index is 0. The highest BCUT2D eigenvalue weighted by molar-refractivity contribution is 5.85. The van der Waals surface area contributed by atoms with E-state index in [4.69, 9.17) is 10.6 Å². The summed E-state index contributed by atoms with van der Waals surface area (Å²) in [5.41, 5.74) is 3.73. The molecule has 1 aromatic carbocycles. The average molecular weight is 291 g/mol. The monoisotopic (exact) mass is 290 g/mol. The van der Waals surface area contributed by atoms with Gasteiger partial charge in [0.05, 0.1) is 19.9 Å².